The number of aliphatic hydroxyl groups is 1. The molecule has 0 aliphatic carbocycles. The van der Waals surface area contributed by atoms with Gasteiger partial charge in [0.2, 0.25) is 7.37 Å². The van der Waals surface area contributed by atoms with Crippen LogP contribution in [0.5, 0.6) is 0 Å². The normalized spacial score (nSPS) is 13.7. The maximum Gasteiger partial charge on any atom is 0.233 e. The van der Waals surface area contributed by atoms with Gasteiger partial charge >= 0.3 is 0 Å². The minimum atomic E-state index is -0.602. The molecule has 0 saturated heterocycles. The summed E-state index contributed by atoms with van der Waals surface area (Å²) in [4.78, 5) is 0. The largest absolute Gasteiger partial charge is 0.427 e. The molecule has 0 bridgehead atoms. The lowest BCUT2D eigenvalue weighted by atomic mass is 9.72. The molecular formula is C2H8B2O2. The van der Waals surface area contributed by atoms with Crippen molar-refractivity contribution in [3.8, 4) is 0 Å². The Kier molecular flexibility index (Phi) is 3.27. The average molecular weight is 85.7 g/mol. The molecule has 0 aliphatic heterocycles. The molecule has 0 aliphatic rings. The van der Waals surface area contributed by atoms with Crippen LogP contribution in [0.25, 0.3) is 0 Å². The summed E-state index contributed by atoms with van der Waals surface area (Å²) < 4.78 is 4.60. The third kappa shape index (κ3) is 4.05. The van der Waals surface area contributed by atoms with Crippen molar-refractivity contribution in [3.63, 3.8) is 0 Å². The van der Waals surface area contributed by atoms with Crippen molar-refractivity contribution in [1.29, 1.82) is 0 Å². The second-order valence-corrected chi connectivity index (χ2v) is 1.05. The Labute approximate surface area is 39.2 Å². The van der Waals surface area contributed by atoms with E-state index in [1.165, 1.54) is 0 Å². The molecule has 0 heterocycles. The topological polar surface area (TPSA) is 29.5 Å². The second-order valence-electron chi connectivity index (χ2n) is 1.05. The molecule has 0 saturated carbocycles. The maximum atomic E-state index is 8.33. The lowest BCUT2D eigenvalue weighted by Crippen LogP contribution is -2.09. The lowest BCUT2D eigenvalue weighted by molar-refractivity contribution is 0.00461. The van der Waals surface area contributed by atoms with E-state index < -0.39 is 6.29 Å². The van der Waals surface area contributed by atoms with Crippen molar-refractivity contribution in [2.75, 3.05) is 0 Å². The molecule has 34 valence electrons. The van der Waals surface area contributed by atoms with E-state index in [0.29, 0.717) is 7.37 Å². The van der Waals surface area contributed by atoms with Crippen molar-refractivity contribution in [1.82, 2.24) is 0 Å². The number of hydrogen-bond donors (Lipinski definition) is 1. The molecule has 0 radical (unpaired) electrons. The first-order chi connectivity index (χ1) is 2.77. The van der Waals surface area contributed by atoms with Crippen LogP contribution in [-0.2, 0) is 4.65 Å². The fourth-order valence-electron chi connectivity index (χ4n) is 0.241. The van der Waals surface area contributed by atoms with Gasteiger partial charge in [0.15, 0.2) is 0 Å². The molecule has 1 atom stereocenters. The zero-order valence-corrected chi connectivity index (χ0v) is 4.14. The first-order valence-corrected chi connectivity index (χ1v) is 2.07. The molecular weight excluding hydrogens is 77.6 g/mol. The molecule has 0 amide bonds. The monoisotopic (exact) mass is 86.1 g/mol. The van der Waals surface area contributed by atoms with Crippen LogP contribution in [0.3, 0.4) is 0 Å². The molecule has 0 aromatic heterocycles. The Morgan fingerprint density at radius 1 is 2.00 bits per heavy atom. The first kappa shape index (κ1) is 6.05. The summed E-state index contributed by atoms with van der Waals surface area (Å²) in [6.07, 6.45) is -0.602. The zero-order chi connectivity index (χ0) is 4.99. The highest BCUT2D eigenvalue weighted by Crippen LogP contribution is 1.74. The Morgan fingerprint density at radius 3 is 2.50 bits per heavy atom. The van der Waals surface area contributed by atoms with Gasteiger partial charge in [-0.1, -0.05) is 0 Å². The van der Waals surface area contributed by atoms with Gasteiger partial charge in [0, 0.05) is 0 Å². The van der Waals surface area contributed by atoms with E-state index in [9.17, 15) is 0 Å². The van der Waals surface area contributed by atoms with E-state index in [-0.39, 0.29) is 0 Å². The van der Waals surface area contributed by atoms with Crippen LogP contribution in [0.1, 0.15) is 6.92 Å². The molecule has 1 unspecified atom stereocenters. The third-order valence-electron chi connectivity index (χ3n) is 0.408. The van der Waals surface area contributed by atoms with Gasteiger partial charge in [-0.25, -0.2) is 0 Å². The van der Waals surface area contributed by atoms with Gasteiger partial charge in [-0.2, -0.15) is 0 Å². The summed E-state index contributed by atoms with van der Waals surface area (Å²) in [5.74, 6) is 0. The Bertz CT molecular complexity index is 30.7. The van der Waals surface area contributed by atoms with Crippen LogP contribution >= 0.6 is 0 Å². The van der Waals surface area contributed by atoms with Gasteiger partial charge < -0.3 is 9.76 Å². The van der Waals surface area contributed by atoms with Crippen LogP contribution < -0.4 is 0 Å². The summed E-state index contributed by atoms with van der Waals surface area (Å²) >= 11 is 0. The molecule has 4 heteroatoms. The quantitative estimate of drug-likeness (QED) is 0.318. The third-order valence-corrected chi connectivity index (χ3v) is 0.408. The smallest absolute Gasteiger partial charge is 0.233 e. The Hall–Kier alpha value is 0.0499. The molecule has 0 spiro atoms. The highest BCUT2D eigenvalue weighted by molar-refractivity contribution is 6.85. The second kappa shape index (κ2) is 3.25. The predicted molar refractivity (Wildman–Crippen MR) is 28.5 cm³/mol. The minimum Gasteiger partial charge on any atom is -0.427 e. The predicted octanol–water partition coefficient (Wildman–Crippen LogP) is -1.76. The van der Waals surface area contributed by atoms with Crippen LogP contribution in [0.4, 0.5) is 0 Å². The lowest BCUT2D eigenvalue weighted by Gasteiger charge is -1.99. The minimum absolute atomic E-state index is 0.581. The first-order valence-electron chi connectivity index (χ1n) is 2.07. The molecule has 0 aromatic rings. The van der Waals surface area contributed by atoms with Crippen molar-refractivity contribution >= 4 is 15.1 Å². The summed E-state index contributed by atoms with van der Waals surface area (Å²) in [6.45, 7) is 1.59. The average Bonchev–Trinajstić information content (AvgIpc) is 1.35. The molecule has 2 nitrogen and oxygen atoms in total. The van der Waals surface area contributed by atoms with Crippen molar-refractivity contribution in [3.05, 3.63) is 0 Å². The Morgan fingerprint density at radius 2 is 2.50 bits per heavy atom. The number of rotatable bonds is 2. The summed E-state index contributed by atoms with van der Waals surface area (Å²) in [5.41, 5.74) is 0. The highest BCUT2D eigenvalue weighted by Gasteiger charge is 1.86. The van der Waals surface area contributed by atoms with Gasteiger partial charge in [-0.15, -0.1) is 0 Å². The molecule has 0 aromatic carbocycles. The summed E-state index contributed by atoms with van der Waals surface area (Å²) in [5, 5.41) is 8.33. The molecule has 1 N–H and O–H groups in total. The molecule has 0 rings (SSSR count). The van der Waals surface area contributed by atoms with Gasteiger partial charge in [0.1, 0.15) is 14.0 Å². The van der Waals surface area contributed by atoms with Gasteiger partial charge in [0.05, 0.1) is 0 Å². The zero-order valence-electron chi connectivity index (χ0n) is 4.14. The fraction of sp³-hybridized carbons (Fsp3) is 1.00. The van der Waals surface area contributed by atoms with Crippen molar-refractivity contribution in [2.24, 2.45) is 0 Å². The van der Waals surface area contributed by atoms with Gasteiger partial charge in [0.25, 0.3) is 0 Å². The van der Waals surface area contributed by atoms with E-state index >= 15 is 0 Å². The summed E-state index contributed by atoms with van der Waals surface area (Å²) in [6, 6.07) is 0. The van der Waals surface area contributed by atoms with E-state index in [1.807, 2.05) is 7.74 Å². The van der Waals surface area contributed by atoms with E-state index in [1.54, 1.807) is 6.92 Å². The standard InChI is InChI=1S/C2H8B2O2/c1-2(5)6-4-3/h2,4-5H,3H2,1H3. The van der Waals surface area contributed by atoms with E-state index in [4.69, 9.17) is 5.11 Å². The molecule has 0 fully saturated rings. The van der Waals surface area contributed by atoms with Crippen LogP contribution in [0, 0.1) is 0 Å². The fourth-order valence-corrected chi connectivity index (χ4v) is 0.241. The van der Waals surface area contributed by atoms with Gasteiger partial charge in [-0.05, 0) is 6.92 Å². The highest BCUT2D eigenvalue weighted by atomic mass is 16.6. The SMILES string of the molecule is BBOC(C)O. The number of hydrogen-bond acceptors (Lipinski definition) is 2. The van der Waals surface area contributed by atoms with Crippen LogP contribution in [0.15, 0.2) is 0 Å². The molecule has 6 heavy (non-hydrogen) atoms. The van der Waals surface area contributed by atoms with Crippen LogP contribution in [-0.4, -0.2) is 26.5 Å². The Balaban J connectivity index is 2.63. The van der Waals surface area contributed by atoms with E-state index in [0.717, 1.165) is 0 Å². The van der Waals surface area contributed by atoms with E-state index in [2.05, 4.69) is 4.65 Å². The van der Waals surface area contributed by atoms with Crippen molar-refractivity contribution < 1.29 is 9.76 Å². The maximum absolute atomic E-state index is 8.33. The summed E-state index contributed by atoms with van der Waals surface area (Å²) in [7, 11) is 2.42. The number of aliphatic hydroxyl groups excluding tert-OH is 1. The van der Waals surface area contributed by atoms with Crippen molar-refractivity contribution in [2.45, 2.75) is 13.2 Å². The van der Waals surface area contributed by atoms with Gasteiger partial charge in [-0.3, -0.25) is 0 Å². The van der Waals surface area contributed by atoms with Crippen LogP contribution in [0.2, 0.25) is 0 Å².